The Morgan fingerprint density at radius 1 is 1.18 bits per heavy atom. The van der Waals surface area contributed by atoms with E-state index in [1.165, 1.54) is 11.3 Å². The molecule has 33 heavy (non-hydrogen) atoms. The molecule has 0 unspecified atom stereocenters. The summed E-state index contributed by atoms with van der Waals surface area (Å²) in [6, 6.07) is 5.08. The van der Waals surface area contributed by atoms with Crippen molar-refractivity contribution in [3.8, 4) is 11.5 Å². The Kier molecular flexibility index (Phi) is 5.50. The van der Waals surface area contributed by atoms with E-state index in [1.807, 2.05) is 4.90 Å². The molecule has 1 fully saturated rings. The van der Waals surface area contributed by atoms with E-state index >= 15 is 0 Å². The molecule has 0 aliphatic carbocycles. The number of nitrogens with two attached hydrogens (primary N) is 1. The summed E-state index contributed by atoms with van der Waals surface area (Å²) in [5.74, 6) is 1.57. The second-order valence-corrected chi connectivity index (χ2v) is 8.29. The summed E-state index contributed by atoms with van der Waals surface area (Å²) in [6.45, 7) is 4.21. The number of carbonyl (C=O) groups is 2. The van der Waals surface area contributed by atoms with Gasteiger partial charge in [-0.1, -0.05) is 0 Å². The molecule has 1 aromatic carbocycles. The molecule has 0 spiro atoms. The summed E-state index contributed by atoms with van der Waals surface area (Å²) in [6.07, 6.45) is 0. The predicted molar refractivity (Wildman–Crippen MR) is 123 cm³/mol. The van der Waals surface area contributed by atoms with Crippen LogP contribution in [-0.4, -0.2) is 66.4 Å². The van der Waals surface area contributed by atoms with Crippen molar-refractivity contribution >= 4 is 51.0 Å². The molecule has 4 heterocycles. The Labute approximate surface area is 193 Å². The average Bonchev–Trinajstić information content (AvgIpc) is 3.45. The van der Waals surface area contributed by atoms with Crippen molar-refractivity contribution in [3.05, 3.63) is 29.1 Å². The number of nitrogen functional groups attached to an aromatic ring is 1. The van der Waals surface area contributed by atoms with Crippen LogP contribution < -0.4 is 25.4 Å². The van der Waals surface area contributed by atoms with Gasteiger partial charge in [0.1, 0.15) is 10.6 Å². The third-order valence-electron chi connectivity index (χ3n) is 5.42. The second kappa shape index (κ2) is 8.62. The van der Waals surface area contributed by atoms with Gasteiger partial charge in [0, 0.05) is 43.3 Å². The number of esters is 1. The van der Waals surface area contributed by atoms with E-state index in [9.17, 15) is 9.59 Å². The van der Waals surface area contributed by atoms with Crippen molar-refractivity contribution in [2.45, 2.75) is 6.92 Å². The zero-order valence-corrected chi connectivity index (χ0v) is 18.7. The summed E-state index contributed by atoms with van der Waals surface area (Å²) < 4.78 is 15.8. The zero-order chi connectivity index (χ0) is 22.9. The number of rotatable bonds is 4. The number of urea groups is 1. The van der Waals surface area contributed by atoms with Crippen LogP contribution in [0.4, 0.5) is 22.2 Å². The molecule has 3 aromatic rings. The van der Waals surface area contributed by atoms with Gasteiger partial charge in [-0.05, 0) is 19.1 Å². The summed E-state index contributed by atoms with van der Waals surface area (Å²) in [7, 11) is 0. The van der Waals surface area contributed by atoms with Crippen LogP contribution in [0.15, 0.2) is 23.6 Å². The highest BCUT2D eigenvalue weighted by Crippen LogP contribution is 2.35. The van der Waals surface area contributed by atoms with Crippen LogP contribution in [0.5, 0.6) is 11.5 Å². The van der Waals surface area contributed by atoms with Crippen LogP contribution in [0.3, 0.4) is 0 Å². The number of amides is 2. The number of anilines is 3. The largest absolute Gasteiger partial charge is 0.462 e. The number of benzene rings is 1. The van der Waals surface area contributed by atoms with Gasteiger partial charge in [-0.15, -0.1) is 11.3 Å². The van der Waals surface area contributed by atoms with Crippen LogP contribution in [0.1, 0.15) is 17.3 Å². The number of hydrogen-bond acceptors (Lipinski definition) is 10. The third-order valence-corrected chi connectivity index (χ3v) is 6.29. The van der Waals surface area contributed by atoms with E-state index in [1.54, 1.807) is 35.4 Å². The molecule has 172 valence electrons. The number of hydrogen-bond donors (Lipinski definition) is 2. The Balaban J connectivity index is 1.30. The number of aromatic nitrogens is 2. The van der Waals surface area contributed by atoms with Crippen molar-refractivity contribution in [2.75, 3.05) is 55.5 Å². The fraction of sp³-hybridized carbons (Fsp3) is 0.333. The Hall–Kier alpha value is -3.80. The molecule has 5 rings (SSSR count). The van der Waals surface area contributed by atoms with Crippen molar-refractivity contribution in [1.82, 2.24) is 14.9 Å². The van der Waals surface area contributed by atoms with Gasteiger partial charge in [0.25, 0.3) is 0 Å². The first-order valence-electron chi connectivity index (χ1n) is 10.5. The molecular weight excluding hydrogens is 448 g/mol. The molecule has 0 atom stereocenters. The number of nitrogens with zero attached hydrogens (tertiary/aromatic N) is 4. The predicted octanol–water partition coefficient (Wildman–Crippen LogP) is 2.53. The van der Waals surface area contributed by atoms with Gasteiger partial charge < -0.3 is 35.1 Å². The minimum Gasteiger partial charge on any atom is -0.462 e. The SMILES string of the molecule is CCOC(=O)c1csc2nc(N)nc(N3CCN(C(=O)Nc4ccc5c(c4)OCO5)CC3)c12. The van der Waals surface area contributed by atoms with E-state index in [4.69, 9.17) is 19.9 Å². The van der Waals surface area contributed by atoms with Gasteiger partial charge in [0.2, 0.25) is 12.7 Å². The minimum absolute atomic E-state index is 0.137. The standard InChI is InChI=1S/C21H22N6O5S/c1-2-30-19(28)13-10-33-18-16(13)17(24-20(22)25-18)26-5-7-27(8-6-26)21(29)23-12-3-4-14-15(9-12)32-11-31-14/h3-4,9-10H,2,5-8,11H2,1H3,(H,23,29)(H2,22,24,25). The van der Waals surface area contributed by atoms with Crippen LogP contribution in [0.25, 0.3) is 10.2 Å². The summed E-state index contributed by atoms with van der Waals surface area (Å²) in [5, 5.41) is 5.24. The molecule has 0 radical (unpaired) electrons. The normalized spacial score (nSPS) is 15.1. The molecule has 2 aliphatic rings. The Bertz CT molecular complexity index is 1220. The van der Waals surface area contributed by atoms with Gasteiger partial charge >= 0.3 is 12.0 Å². The van der Waals surface area contributed by atoms with Gasteiger partial charge in [0.15, 0.2) is 11.5 Å². The maximum atomic E-state index is 12.8. The van der Waals surface area contributed by atoms with Crippen LogP contribution in [0, 0.1) is 0 Å². The van der Waals surface area contributed by atoms with E-state index in [2.05, 4.69) is 15.3 Å². The molecule has 0 bridgehead atoms. The number of carbonyl (C=O) groups excluding carboxylic acids is 2. The third kappa shape index (κ3) is 4.04. The number of fused-ring (bicyclic) bond motifs is 2. The topological polar surface area (TPSA) is 132 Å². The quantitative estimate of drug-likeness (QED) is 0.552. The molecule has 1 saturated heterocycles. The summed E-state index contributed by atoms with van der Waals surface area (Å²) in [4.78, 5) is 38.2. The first-order chi connectivity index (χ1) is 16.0. The fourth-order valence-electron chi connectivity index (χ4n) is 3.83. The lowest BCUT2D eigenvalue weighted by Crippen LogP contribution is -2.50. The first kappa shape index (κ1) is 21.1. The van der Waals surface area contributed by atoms with E-state index in [-0.39, 0.29) is 25.4 Å². The highest BCUT2D eigenvalue weighted by molar-refractivity contribution is 7.17. The number of nitrogens with one attached hydrogen (secondary N) is 1. The monoisotopic (exact) mass is 470 g/mol. The summed E-state index contributed by atoms with van der Waals surface area (Å²) in [5.41, 5.74) is 6.98. The van der Waals surface area contributed by atoms with Crippen molar-refractivity contribution in [2.24, 2.45) is 0 Å². The number of thiophene rings is 1. The molecule has 12 heteroatoms. The van der Waals surface area contributed by atoms with Gasteiger partial charge in [-0.2, -0.15) is 4.98 Å². The number of piperazine rings is 1. The van der Waals surface area contributed by atoms with Gasteiger partial charge in [-0.3, -0.25) is 0 Å². The molecule has 2 aromatic heterocycles. The van der Waals surface area contributed by atoms with E-state index in [0.717, 1.165) is 0 Å². The average molecular weight is 471 g/mol. The lowest BCUT2D eigenvalue weighted by molar-refractivity contribution is 0.0529. The lowest BCUT2D eigenvalue weighted by Gasteiger charge is -2.35. The maximum absolute atomic E-state index is 12.8. The smallest absolute Gasteiger partial charge is 0.339 e. The van der Waals surface area contributed by atoms with E-state index in [0.29, 0.717) is 65.0 Å². The zero-order valence-electron chi connectivity index (χ0n) is 17.9. The maximum Gasteiger partial charge on any atom is 0.339 e. The fourth-order valence-corrected chi connectivity index (χ4v) is 4.73. The molecule has 2 aliphatic heterocycles. The molecular formula is C21H22N6O5S. The summed E-state index contributed by atoms with van der Waals surface area (Å²) >= 11 is 1.32. The van der Waals surface area contributed by atoms with Crippen LogP contribution in [-0.2, 0) is 4.74 Å². The van der Waals surface area contributed by atoms with Gasteiger partial charge in [0.05, 0.1) is 17.6 Å². The Morgan fingerprint density at radius 3 is 2.76 bits per heavy atom. The van der Waals surface area contributed by atoms with E-state index < -0.39 is 5.97 Å². The van der Waals surface area contributed by atoms with Crippen LogP contribution in [0.2, 0.25) is 0 Å². The second-order valence-electron chi connectivity index (χ2n) is 7.43. The van der Waals surface area contributed by atoms with Crippen molar-refractivity contribution in [3.63, 3.8) is 0 Å². The van der Waals surface area contributed by atoms with Crippen LogP contribution >= 0.6 is 11.3 Å². The van der Waals surface area contributed by atoms with Crippen molar-refractivity contribution in [1.29, 1.82) is 0 Å². The highest BCUT2D eigenvalue weighted by atomic mass is 32.1. The highest BCUT2D eigenvalue weighted by Gasteiger charge is 2.27. The van der Waals surface area contributed by atoms with Gasteiger partial charge in [-0.25, -0.2) is 14.6 Å². The van der Waals surface area contributed by atoms with Crippen molar-refractivity contribution < 1.29 is 23.8 Å². The molecule has 2 amide bonds. The Morgan fingerprint density at radius 2 is 1.97 bits per heavy atom. The molecule has 11 nitrogen and oxygen atoms in total. The molecule has 3 N–H and O–H groups in total. The molecule has 0 saturated carbocycles. The lowest BCUT2D eigenvalue weighted by atomic mass is 10.2. The number of ether oxygens (including phenoxy) is 3. The first-order valence-corrected chi connectivity index (χ1v) is 11.3. The minimum atomic E-state index is -0.417.